The second-order valence-electron chi connectivity index (χ2n) is 9.50. The first-order valence-corrected chi connectivity index (χ1v) is 11.8. The third-order valence-electron chi connectivity index (χ3n) is 7.04. The lowest BCUT2D eigenvalue weighted by Gasteiger charge is -2.46. The summed E-state index contributed by atoms with van der Waals surface area (Å²) in [5.41, 5.74) is 3.28. The molecule has 0 spiro atoms. The van der Waals surface area contributed by atoms with E-state index in [1.807, 2.05) is 13.8 Å². The summed E-state index contributed by atoms with van der Waals surface area (Å²) in [6, 6.07) is 2.05. The Kier molecular flexibility index (Phi) is 6.84. The first-order valence-electron chi connectivity index (χ1n) is 11.8. The van der Waals surface area contributed by atoms with Crippen LogP contribution in [0, 0.1) is 5.92 Å². The van der Waals surface area contributed by atoms with Crippen LogP contribution in [-0.2, 0) is 6.42 Å². The topological polar surface area (TPSA) is 49.8 Å². The zero-order chi connectivity index (χ0) is 22.1. The zero-order valence-electron chi connectivity index (χ0n) is 19.7. The highest BCUT2D eigenvalue weighted by atomic mass is 16.5. The molecular formula is C26H39NO3. The molecule has 0 unspecified atom stereocenters. The fourth-order valence-corrected chi connectivity index (χ4v) is 5.28. The van der Waals surface area contributed by atoms with Gasteiger partial charge in [-0.3, -0.25) is 4.79 Å². The molecule has 1 heterocycles. The van der Waals surface area contributed by atoms with E-state index in [2.05, 4.69) is 39.8 Å². The van der Waals surface area contributed by atoms with Crippen molar-refractivity contribution >= 4 is 5.91 Å². The Labute approximate surface area is 182 Å². The molecule has 4 heteroatoms. The van der Waals surface area contributed by atoms with E-state index in [-0.39, 0.29) is 23.2 Å². The molecule has 4 nitrogen and oxygen atoms in total. The Morgan fingerprint density at radius 3 is 2.57 bits per heavy atom. The monoisotopic (exact) mass is 413 g/mol. The van der Waals surface area contributed by atoms with Crippen LogP contribution in [0.1, 0.15) is 101 Å². The van der Waals surface area contributed by atoms with E-state index in [1.54, 1.807) is 4.90 Å². The summed E-state index contributed by atoms with van der Waals surface area (Å²) >= 11 is 0. The quantitative estimate of drug-likeness (QED) is 0.426. The average Bonchev–Trinajstić information content (AvgIpc) is 2.68. The molecular weight excluding hydrogens is 374 g/mol. The van der Waals surface area contributed by atoms with Gasteiger partial charge in [-0.1, -0.05) is 31.4 Å². The summed E-state index contributed by atoms with van der Waals surface area (Å²) in [7, 11) is 0. The lowest BCUT2D eigenvalue weighted by atomic mass is 9.67. The maximum atomic E-state index is 13.4. The lowest BCUT2D eigenvalue weighted by Crippen LogP contribution is -2.45. The van der Waals surface area contributed by atoms with Crippen LogP contribution in [0.15, 0.2) is 17.7 Å². The Hall–Kier alpha value is -1.97. The van der Waals surface area contributed by atoms with Crippen LogP contribution in [0.4, 0.5) is 0 Å². The number of benzene rings is 1. The fraction of sp³-hybridized carbons (Fsp3) is 0.654. The van der Waals surface area contributed by atoms with E-state index in [4.69, 9.17) is 4.74 Å². The van der Waals surface area contributed by atoms with Gasteiger partial charge in [0, 0.05) is 30.5 Å². The third kappa shape index (κ3) is 4.10. The van der Waals surface area contributed by atoms with E-state index in [0.717, 1.165) is 55.4 Å². The van der Waals surface area contributed by atoms with Gasteiger partial charge in [0.05, 0.1) is 5.56 Å². The van der Waals surface area contributed by atoms with Crippen molar-refractivity contribution in [1.82, 2.24) is 4.90 Å². The molecule has 1 N–H and O–H groups in total. The molecule has 1 aromatic rings. The molecule has 0 saturated carbocycles. The molecule has 0 fully saturated rings. The highest BCUT2D eigenvalue weighted by molar-refractivity contribution is 5.99. The summed E-state index contributed by atoms with van der Waals surface area (Å²) in [6.45, 7) is 13.9. The van der Waals surface area contributed by atoms with Crippen LogP contribution in [-0.4, -0.2) is 34.6 Å². The average molecular weight is 414 g/mol. The number of nitrogens with zero attached hydrogens (tertiary/aromatic N) is 1. The van der Waals surface area contributed by atoms with Gasteiger partial charge < -0.3 is 14.7 Å². The Balaban J connectivity index is 2.18. The van der Waals surface area contributed by atoms with Crippen molar-refractivity contribution in [3.05, 3.63) is 34.4 Å². The molecule has 0 radical (unpaired) electrons. The second kappa shape index (κ2) is 9.03. The summed E-state index contributed by atoms with van der Waals surface area (Å²) in [4.78, 5) is 15.2. The first kappa shape index (κ1) is 22.7. The van der Waals surface area contributed by atoms with E-state index >= 15 is 0 Å². The minimum atomic E-state index is -0.299. The van der Waals surface area contributed by atoms with Gasteiger partial charge >= 0.3 is 0 Å². The standard InChI is InChI=1S/C26H39NO3/c1-7-10-11-12-18-16-21-23(24(28)22(18)25(29)27(8-2)9-3)19-15-17(4)13-14-20(19)26(5,6)30-21/h15-16,19-20,28H,7-14H2,1-6H3/t19-,20-/m1/s1. The Bertz CT molecular complexity index is 820. The number of aromatic hydroxyl groups is 1. The number of amides is 1. The van der Waals surface area contributed by atoms with E-state index < -0.39 is 0 Å². The zero-order valence-corrected chi connectivity index (χ0v) is 19.7. The van der Waals surface area contributed by atoms with Gasteiger partial charge in [-0.05, 0) is 71.9 Å². The van der Waals surface area contributed by atoms with Gasteiger partial charge in [-0.2, -0.15) is 0 Å². The Morgan fingerprint density at radius 1 is 1.23 bits per heavy atom. The van der Waals surface area contributed by atoms with Gasteiger partial charge in [0.1, 0.15) is 17.1 Å². The van der Waals surface area contributed by atoms with Crippen molar-refractivity contribution in [1.29, 1.82) is 0 Å². The molecule has 166 valence electrons. The summed E-state index contributed by atoms with van der Waals surface area (Å²) in [5.74, 6) is 1.22. The number of phenolic OH excluding ortho intramolecular Hbond substituents is 1. The van der Waals surface area contributed by atoms with Crippen LogP contribution < -0.4 is 4.74 Å². The van der Waals surface area contributed by atoms with Crippen molar-refractivity contribution in [2.45, 2.75) is 91.6 Å². The van der Waals surface area contributed by atoms with Gasteiger partial charge in [-0.15, -0.1) is 0 Å². The molecule has 1 aliphatic carbocycles. The number of allylic oxidation sites excluding steroid dienone is 2. The van der Waals surface area contributed by atoms with Gasteiger partial charge in [0.15, 0.2) is 0 Å². The molecule has 1 aromatic carbocycles. The lowest BCUT2D eigenvalue weighted by molar-refractivity contribution is 0.0106. The van der Waals surface area contributed by atoms with Crippen LogP contribution in [0.5, 0.6) is 11.5 Å². The van der Waals surface area contributed by atoms with E-state index in [0.29, 0.717) is 24.6 Å². The first-order chi connectivity index (χ1) is 14.2. The minimum Gasteiger partial charge on any atom is -0.507 e. The largest absolute Gasteiger partial charge is 0.507 e. The normalized spacial score (nSPS) is 21.9. The van der Waals surface area contributed by atoms with Crippen molar-refractivity contribution in [3.63, 3.8) is 0 Å². The predicted molar refractivity (Wildman–Crippen MR) is 123 cm³/mol. The molecule has 0 saturated heterocycles. The smallest absolute Gasteiger partial charge is 0.257 e. The van der Waals surface area contributed by atoms with Gasteiger partial charge in [0.25, 0.3) is 5.91 Å². The van der Waals surface area contributed by atoms with Crippen molar-refractivity contribution in [2.75, 3.05) is 13.1 Å². The molecule has 1 aliphatic heterocycles. The number of aryl methyl sites for hydroxylation is 1. The minimum absolute atomic E-state index is 0.0651. The van der Waals surface area contributed by atoms with E-state index in [9.17, 15) is 9.90 Å². The van der Waals surface area contributed by atoms with Crippen molar-refractivity contribution < 1.29 is 14.6 Å². The van der Waals surface area contributed by atoms with Crippen molar-refractivity contribution in [3.8, 4) is 11.5 Å². The Morgan fingerprint density at radius 2 is 1.93 bits per heavy atom. The number of unbranched alkanes of at least 4 members (excludes halogenated alkanes) is 2. The van der Waals surface area contributed by atoms with Gasteiger partial charge in [-0.25, -0.2) is 0 Å². The molecule has 3 rings (SSSR count). The number of fused-ring (bicyclic) bond motifs is 3. The van der Waals surface area contributed by atoms with Crippen LogP contribution in [0.25, 0.3) is 0 Å². The number of rotatable bonds is 7. The number of hydrogen-bond acceptors (Lipinski definition) is 3. The molecule has 0 bridgehead atoms. The number of carbonyl (C=O) groups is 1. The molecule has 2 atom stereocenters. The fourth-order valence-electron chi connectivity index (χ4n) is 5.28. The number of ether oxygens (including phenoxy) is 1. The molecule has 30 heavy (non-hydrogen) atoms. The molecule has 1 amide bonds. The summed E-state index contributed by atoms with van der Waals surface area (Å²) in [5, 5.41) is 11.5. The van der Waals surface area contributed by atoms with Crippen molar-refractivity contribution in [2.24, 2.45) is 5.92 Å². The number of hydrogen-bond donors (Lipinski definition) is 1. The van der Waals surface area contributed by atoms with E-state index in [1.165, 1.54) is 5.57 Å². The number of carbonyl (C=O) groups excluding carboxylic acids is 1. The van der Waals surface area contributed by atoms with Crippen LogP contribution in [0.2, 0.25) is 0 Å². The predicted octanol–water partition coefficient (Wildman–Crippen LogP) is 6.22. The maximum Gasteiger partial charge on any atom is 0.257 e. The summed E-state index contributed by atoms with van der Waals surface area (Å²) < 4.78 is 6.49. The molecule has 0 aromatic heterocycles. The second-order valence-corrected chi connectivity index (χ2v) is 9.50. The SMILES string of the molecule is CCCCCc1cc2c(c(O)c1C(=O)N(CC)CC)[C@@H]1C=C(C)CC[C@H]1C(C)(C)O2. The molecule has 2 aliphatic rings. The van der Waals surface area contributed by atoms with Gasteiger partial charge in [0.2, 0.25) is 0 Å². The third-order valence-corrected chi connectivity index (χ3v) is 7.04. The highest BCUT2D eigenvalue weighted by Crippen LogP contribution is 2.54. The highest BCUT2D eigenvalue weighted by Gasteiger charge is 2.46. The van der Waals surface area contributed by atoms with Crippen LogP contribution in [0.3, 0.4) is 0 Å². The maximum absolute atomic E-state index is 13.4. The number of phenols is 1. The summed E-state index contributed by atoms with van der Waals surface area (Å²) in [6.07, 6.45) is 8.40. The van der Waals surface area contributed by atoms with Crippen LogP contribution >= 0.6 is 0 Å².